The van der Waals surface area contributed by atoms with Crippen molar-refractivity contribution in [1.29, 1.82) is 5.26 Å². The molecule has 1 heterocycles. The minimum atomic E-state index is 0.408. The van der Waals surface area contributed by atoms with Crippen LogP contribution in [-0.4, -0.2) is 12.1 Å². The van der Waals surface area contributed by atoms with Gasteiger partial charge in [0.25, 0.3) is 0 Å². The van der Waals surface area contributed by atoms with E-state index < -0.39 is 0 Å². The van der Waals surface area contributed by atoms with Crippen molar-refractivity contribution in [3.63, 3.8) is 0 Å². The third kappa shape index (κ3) is 2.77. The maximum atomic E-state index is 8.91. The van der Waals surface area contributed by atoms with Crippen molar-refractivity contribution in [2.24, 2.45) is 0 Å². The summed E-state index contributed by atoms with van der Waals surface area (Å²) in [5.41, 5.74) is 2.27. The third-order valence-corrected chi connectivity index (χ3v) is 2.56. The molecule has 0 aliphatic rings. The zero-order valence-corrected chi connectivity index (χ0v) is 10.1. The van der Waals surface area contributed by atoms with Crippen molar-refractivity contribution in [3.05, 3.63) is 53.9 Å². The summed E-state index contributed by atoms with van der Waals surface area (Å²) in [6.07, 6.45) is 1.61. The number of nitriles is 1. The van der Waals surface area contributed by atoms with Crippen LogP contribution in [0.1, 0.15) is 11.3 Å². The van der Waals surface area contributed by atoms with E-state index in [2.05, 4.69) is 16.4 Å². The Balaban J connectivity index is 2.05. The molecule has 0 aliphatic heterocycles. The Labute approximate surface area is 106 Å². The van der Waals surface area contributed by atoms with Crippen molar-refractivity contribution >= 4 is 5.69 Å². The molecule has 0 unspecified atom stereocenters. The van der Waals surface area contributed by atoms with Gasteiger partial charge in [0, 0.05) is 12.7 Å². The van der Waals surface area contributed by atoms with Crippen LogP contribution in [0.4, 0.5) is 5.69 Å². The van der Waals surface area contributed by atoms with Gasteiger partial charge in [-0.25, -0.2) is 4.98 Å². The minimum Gasteiger partial charge on any atom is -0.497 e. The lowest BCUT2D eigenvalue weighted by Gasteiger charge is -2.08. The summed E-state index contributed by atoms with van der Waals surface area (Å²) in [7, 11) is 1.64. The highest BCUT2D eigenvalue weighted by molar-refractivity contribution is 5.53. The number of nitrogens with zero attached hydrogens (tertiary/aromatic N) is 2. The Hall–Kier alpha value is -2.54. The van der Waals surface area contributed by atoms with Crippen LogP contribution in [0.25, 0.3) is 0 Å². The van der Waals surface area contributed by atoms with Crippen molar-refractivity contribution in [3.8, 4) is 11.8 Å². The molecule has 0 amide bonds. The summed E-state index contributed by atoms with van der Waals surface area (Å²) >= 11 is 0. The molecule has 4 heteroatoms. The second-order valence-corrected chi connectivity index (χ2v) is 3.71. The molecular formula is C14H13N3O. The molecule has 0 saturated heterocycles. The molecule has 2 aromatic rings. The van der Waals surface area contributed by atoms with Crippen molar-refractivity contribution in [1.82, 2.24) is 4.98 Å². The number of anilines is 1. The first-order valence-electron chi connectivity index (χ1n) is 5.55. The van der Waals surface area contributed by atoms with Crippen LogP contribution >= 0.6 is 0 Å². The fraction of sp³-hybridized carbons (Fsp3) is 0.143. The van der Waals surface area contributed by atoms with Crippen LogP contribution in [0.3, 0.4) is 0 Å². The molecule has 0 spiro atoms. The Bertz CT molecular complexity index is 558. The zero-order chi connectivity index (χ0) is 12.8. The highest BCUT2D eigenvalue weighted by atomic mass is 16.5. The second-order valence-electron chi connectivity index (χ2n) is 3.71. The number of benzene rings is 1. The molecule has 90 valence electrons. The van der Waals surface area contributed by atoms with Gasteiger partial charge in [0.15, 0.2) is 5.69 Å². The van der Waals surface area contributed by atoms with Crippen LogP contribution in [0.15, 0.2) is 42.6 Å². The first-order chi connectivity index (χ1) is 8.83. The molecule has 0 aliphatic carbocycles. The van der Waals surface area contributed by atoms with Gasteiger partial charge in [0.05, 0.1) is 12.8 Å². The van der Waals surface area contributed by atoms with E-state index in [4.69, 9.17) is 10.00 Å². The van der Waals surface area contributed by atoms with Gasteiger partial charge in [-0.1, -0.05) is 12.1 Å². The predicted octanol–water partition coefficient (Wildman–Crippen LogP) is 2.57. The van der Waals surface area contributed by atoms with E-state index in [1.54, 1.807) is 19.4 Å². The Kier molecular flexibility index (Phi) is 3.77. The first kappa shape index (κ1) is 11.9. The molecule has 0 saturated carbocycles. The molecule has 0 atom stereocenters. The fourth-order valence-corrected chi connectivity index (χ4v) is 1.58. The maximum Gasteiger partial charge on any atom is 0.163 e. The number of ether oxygens (including phenoxy) is 1. The van der Waals surface area contributed by atoms with Gasteiger partial charge in [-0.2, -0.15) is 5.26 Å². The van der Waals surface area contributed by atoms with Crippen LogP contribution in [0.2, 0.25) is 0 Å². The van der Waals surface area contributed by atoms with E-state index in [-0.39, 0.29) is 0 Å². The summed E-state index contributed by atoms with van der Waals surface area (Å²) in [5.74, 6) is 0.831. The Morgan fingerprint density at radius 1 is 1.28 bits per heavy atom. The van der Waals surface area contributed by atoms with E-state index in [9.17, 15) is 0 Å². The molecule has 1 aromatic carbocycles. The summed E-state index contributed by atoms with van der Waals surface area (Å²) in [5, 5.41) is 12.1. The third-order valence-electron chi connectivity index (χ3n) is 2.56. The zero-order valence-electron chi connectivity index (χ0n) is 10.1. The number of hydrogen-bond donors (Lipinski definition) is 1. The number of hydrogen-bond acceptors (Lipinski definition) is 4. The normalized spacial score (nSPS) is 9.56. The van der Waals surface area contributed by atoms with Crippen LogP contribution in [0, 0.1) is 11.3 Å². The number of rotatable bonds is 4. The fourth-order valence-electron chi connectivity index (χ4n) is 1.58. The summed E-state index contributed by atoms with van der Waals surface area (Å²) in [6.45, 7) is 0.643. The maximum absolute atomic E-state index is 8.91. The van der Waals surface area contributed by atoms with E-state index in [0.717, 1.165) is 17.0 Å². The van der Waals surface area contributed by atoms with Gasteiger partial charge >= 0.3 is 0 Å². The van der Waals surface area contributed by atoms with Gasteiger partial charge in [-0.3, -0.25) is 0 Å². The number of methoxy groups -OCH3 is 1. The molecular weight excluding hydrogens is 226 g/mol. The summed E-state index contributed by atoms with van der Waals surface area (Å²) in [6, 6.07) is 13.5. The van der Waals surface area contributed by atoms with Crippen molar-refractivity contribution in [2.45, 2.75) is 6.54 Å². The Morgan fingerprint density at radius 3 is 2.72 bits per heavy atom. The molecule has 1 N–H and O–H groups in total. The summed E-state index contributed by atoms with van der Waals surface area (Å²) in [4.78, 5) is 3.99. The molecule has 0 fully saturated rings. The largest absolute Gasteiger partial charge is 0.497 e. The monoisotopic (exact) mass is 239 g/mol. The SMILES string of the molecule is COc1ccc(CNc2cccnc2C#N)cc1. The van der Waals surface area contributed by atoms with Crippen molar-refractivity contribution < 1.29 is 4.74 Å². The second kappa shape index (κ2) is 5.69. The molecule has 4 nitrogen and oxygen atoms in total. The minimum absolute atomic E-state index is 0.408. The van der Waals surface area contributed by atoms with Crippen LogP contribution in [0.5, 0.6) is 5.75 Å². The number of nitrogens with one attached hydrogen (secondary N) is 1. The standard InChI is InChI=1S/C14H13N3O/c1-18-12-6-4-11(5-7-12)10-17-13-3-2-8-16-14(13)9-15/h2-8,17H,10H2,1H3. The first-order valence-corrected chi connectivity index (χ1v) is 5.55. The van der Waals surface area contributed by atoms with Gasteiger partial charge in [0.1, 0.15) is 11.8 Å². The highest BCUT2D eigenvalue weighted by Crippen LogP contribution is 2.15. The number of aromatic nitrogens is 1. The molecule has 18 heavy (non-hydrogen) atoms. The molecule has 1 aromatic heterocycles. The average Bonchev–Trinajstić information content (AvgIpc) is 2.46. The predicted molar refractivity (Wildman–Crippen MR) is 69.3 cm³/mol. The summed E-state index contributed by atoms with van der Waals surface area (Å²) < 4.78 is 5.09. The lowest BCUT2D eigenvalue weighted by atomic mass is 10.2. The van der Waals surface area contributed by atoms with Crippen LogP contribution in [-0.2, 0) is 6.54 Å². The van der Waals surface area contributed by atoms with E-state index >= 15 is 0 Å². The van der Waals surface area contributed by atoms with Gasteiger partial charge in [-0.15, -0.1) is 0 Å². The van der Waals surface area contributed by atoms with Gasteiger partial charge in [-0.05, 0) is 29.8 Å². The lowest BCUT2D eigenvalue weighted by molar-refractivity contribution is 0.414. The molecule has 0 radical (unpaired) electrons. The van der Waals surface area contributed by atoms with Gasteiger partial charge in [0.2, 0.25) is 0 Å². The molecule has 2 rings (SSSR count). The Morgan fingerprint density at radius 2 is 2.06 bits per heavy atom. The average molecular weight is 239 g/mol. The quantitative estimate of drug-likeness (QED) is 0.890. The van der Waals surface area contributed by atoms with Gasteiger partial charge < -0.3 is 10.1 Å². The number of pyridine rings is 1. The van der Waals surface area contributed by atoms with E-state index in [0.29, 0.717) is 12.2 Å². The smallest absolute Gasteiger partial charge is 0.163 e. The lowest BCUT2D eigenvalue weighted by Crippen LogP contribution is -2.02. The van der Waals surface area contributed by atoms with Crippen LogP contribution < -0.4 is 10.1 Å². The van der Waals surface area contributed by atoms with Crippen molar-refractivity contribution in [2.75, 3.05) is 12.4 Å². The highest BCUT2D eigenvalue weighted by Gasteiger charge is 2.01. The van der Waals surface area contributed by atoms with E-state index in [1.807, 2.05) is 30.3 Å². The van der Waals surface area contributed by atoms with E-state index in [1.165, 1.54) is 0 Å². The molecule has 0 bridgehead atoms. The topological polar surface area (TPSA) is 57.9 Å².